The summed E-state index contributed by atoms with van der Waals surface area (Å²) in [5.74, 6) is 1.37. The van der Waals surface area contributed by atoms with E-state index in [1.54, 1.807) is 6.07 Å². The van der Waals surface area contributed by atoms with Crippen molar-refractivity contribution in [2.24, 2.45) is 11.8 Å². The average Bonchev–Trinajstić information content (AvgIpc) is 2.68. The number of nitro groups is 1. The Kier molecular flexibility index (Phi) is 4.58. The second-order valence-corrected chi connectivity index (χ2v) is 6.35. The minimum Gasteiger partial charge on any atom is -0.309 e. The molecule has 1 aromatic rings. The molecule has 4 nitrogen and oxygen atoms in total. The fourth-order valence-corrected chi connectivity index (χ4v) is 3.10. The molecule has 1 aliphatic carbocycles. The smallest absolute Gasteiger partial charge is 0.275 e. The molecule has 5 heteroatoms. The zero-order valence-corrected chi connectivity index (χ0v) is 12.8. The van der Waals surface area contributed by atoms with Crippen molar-refractivity contribution in [3.63, 3.8) is 0 Å². The van der Waals surface area contributed by atoms with Gasteiger partial charge in [-0.25, -0.2) is 0 Å². The molecule has 3 atom stereocenters. The van der Waals surface area contributed by atoms with Crippen LogP contribution in [0.1, 0.15) is 32.3 Å². The lowest BCUT2D eigenvalue weighted by molar-refractivity contribution is -0.385. The zero-order valence-electron chi connectivity index (χ0n) is 11.2. The topological polar surface area (TPSA) is 55.2 Å². The number of hydrogen-bond donors (Lipinski definition) is 1. The van der Waals surface area contributed by atoms with E-state index < -0.39 is 0 Å². The van der Waals surface area contributed by atoms with Crippen LogP contribution in [0.15, 0.2) is 22.7 Å². The van der Waals surface area contributed by atoms with Crippen molar-refractivity contribution in [1.29, 1.82) is 0 Å². The van der Waals surface area contributed by atoms with Gasteiger partial charge in [0.15, 0.2) is 0 Å². The van der Waals surface area contributed by atoms with Gasteiger partial charge < -0.3 is 5.32 Å². The van der Waals surface area contributed by atoms with Crippen LogP contribution < -0.4 is 5.32 Å². The first-order valence-electron chi connectivity index (χ1n) is 6.65. The highest BCUT2D eigenvalue weighted by Crippen LogP contribution is 2.31. The Morgan fingerprint density at radius 3 is 2.74 bits per heavy atom. The molecule has 1 N–H and O–H groups in total. The number of nitrogens with one attached hydrogen (secondary N) is 1. The maximum atomic E-state index is 11.0. The maximum absolute atomic E-state index is 11.0. The molecule has 1 aliphatic rings. The van der Waals surface area contributed by atoms with Gasteiger partial charge in [0.1, 0.15) is 0 Å². The highest BCUT2D eigenvalue weighted by Gasteiger charge is 2.29. The first kappa shape index (κ1) is 14.5. The number of nitrogens with zero attached hydrogens (tertiary/aromatic N) is 1. The molecule has 2 rings (SSSR count). The Bertz CT molecular complexity index is 479. The number of halogens is 1. The third-order valence-corrected chi connectivity index (χ3v) is 4.76. The van der Waals surface area contributed by atoms with E-state index in [1.807, 2.05) is 12.1 Å². The summed E-state index contributed by atoms with van der Waals surface area (Å²) in [6.45, 7) is 5.09. The monoisotopic (exact) mass is 326 g/mol. The van der Waals surface area contributed by atoms with Gasteiger partial charge in [-0.1, -0.05) is 29.8 Å². The Morgan fingerprint density at radius 2 is 2.16 bits per heavy atom. The molecular weight excluding hydrogens is 308 g/mol. The van der Waals surface area contributed by atoms with Crippen molar-refractivity contribution in [3.8, 4) is 0 Å². The van der Waals surface area contributed by atoms with Gasteiger partial charge in [-0.05, 0) is 36.8 Å². The zero-order chi connectivity index (χ0) is 14.0. The molecule has 1 saturated carbocycles. The number of hydrogen-bond acceptors (Lipinski definition) is 3. The van der Waals surface area contributed by atoms with E-state index in [2.05, 4.69) is 35.1 Å². The van der Waals surface area contributed by atoms with Crippen LogP contribution >= 0.6 is 15.9 Å². The van der Waals surface area contributed by atoms with Crippen LogP contribution in [0.25, 0.3) is 0 Å². The number of benzene rings is 1. The molecule has 0 amide bonds. The predicted octanol–water partition coefficient (Wildman–Crippen LogP) is 3.88. The van der Waals surface area contributed by atoms with Crippen molar-refractivity contribution in [2.75, 3.05) is 0 Å². The highest BCUT2D eigenvalue weighted by atomic mass is 79.9. The first-order chi connectivity index (χ1) is 8.99. The van der Waals surface area contributed by atoms with Gasteiger partial charge in [0.25, 0.3) is 5.69 Å². The molecule has 1 aromatic carbocycles. The van der Waals surface area contributed by atoms with Crippen molar-refractivity contribution in [2.45, 2.75) is 39.3 Å². The Morgan fingerprint density at radius 1 is 1.42 bits per heavy atom. The summed E-state index contributed by atoms with van der Waals surface area (Å²) in [6.07, 6.45) is 2.40. The summed E-state index contributed by atoms with van der Waals surface area (Å²) in [5.41, 5.74) is 0.931. The van der Waals surface area contributed by atoms with Crippen LogP contribution in [0.2, 0.25) is 0 Å². The lowest BCUT2D eigenvalue weighted by Crippen LogP contribution is -2.32. The van der Waals surface area contributed by atoms with E-state index in [0.29, 0.717) is 18.5 Å². The molecule has 0 bridgehead atoms. The Balaban J connectivity index is 2.05. The summed E-state index contributed by atoms with van der Waals surface area (Å²) in [7, 11) is 0. The van der Waals surface area contributed by atoms with Crippen LogP contribution in [0.5, 0.6) is 0 Å². The molecule has 19 heavy (non-hydrogen) atoms. The van der Waals surface area contributed by atoms with Crippen molar-refractivity contribution in [1.82, 2.24) is 5.32 Å². The minimum absolute atomic E-state index is 0.181. The Labute approximate surface area is 121 Å². The minimum atomic E-state index is -0.317. The first-order valence-corrected chi connectivity index (χ1v) is 7.44. The summed E-state index contributed by atoms with van der Waals surface area (Å²) in [5, 5.41) is 14.5. The van der Waals surface area contributed by atoms with Crippen molar-refractivity contribution >= 4 is 21.6 Å². The van der Waals surface area contributed by atoms with Crippen LogP contribution in [0.4, 0.5) is 5.69 Å². The van der Waals surface area contributed by atoms with E-state index in [9.17, 15) is 10.1 Å². The third kappa shape index (κ3) is 3.34. The van der Waals surface area contributed by atoms with Gasteiger partial charge in [-0.2, -0.15) is 0 Å². The van der Waals surface area contributed by atoms with Gasteiger partial charge in [0, 0.05) is 28.7 Å². The lowest BCUT2D eigenvalue weighted by atomic mass is 9.97. The van der Waals surface area contributed by atoms with E-state index in [0.717, 1.165) is 22.4 Å². The highest BCUT2D eigenvalue weighted by molar-refractivity contribution is 9.10. The van der Waals surface area contributed by atoms with Crippen LogP contribution in [0.3, 0.4) is 0 Å². The molecule has 1 fully saturated rings. The standard InChI is InChI=1S/C14H19BrN2O2/c1-9-3-6-13(10(9)2)16-8-11-4-5-12(15)7-14(11)17(18)19/h4-5,7,9-10,13,16H,3,6,8H2,1-2H3. The molecule has 0 aliphatic heterocycles. The molecular formula is C14H19BrN2O2. The summed E-state index contributed by atoms with van der Waals surface area (Å²) in [4.78, 5) is 10.7. The average molecular weight is 327 g/mol. The Hall–Kier alpha value is -0.940. The molecule has 0 aromatic heterocycles. The van der Waals surface area contributed by atoms with Crippen molar-refractivity contribution < 1.29 is 4.92 Å². The van der Waals surface area contributed by atoms with E-state index in [1.165, 1.54) is 6.42 Å². The van der Waals surface area contributed by atoms with Crippen LogP contribution in [-0.2, 0) is 6.54 Å². The maximum Gasteiger partial charge on any atom is 0.275 e. The molecule has 0 saturated heterocycles. The quantitative estimate of drug-likeness (QED) is 0.674. The predicted molar refractivity (Wildman–Crippen MR) is 79.0 cm³/mol. The fraction of sp³-hybridized carbons (Fsp3) is 0.571. The lowest BCUT2D eigenvalue weighted by Gasteiger charge is -2.19. The van der Waals surface area contributed by atoms with Crippen LogP contribution in [0, 0.1) is 22.0 Å². The van der Waals surface area contributed by atoms with E-state index in [-0.39, 0.29) is 10.6 Å². The molecule has 3 unspecified atom stereocenters. The largest absolute Gasteiger partial charge is 0.309 e. The van der Waals surface area contributed by atoms with Gasteiger partial charge in [0.05, 0.1) is 4.92 Å². The van der Waals surface area contributed by atoms with Gasteiger partial charge >= 0.3 is 0 Å². The molecule has 0 radical (unpaired) electrons. The number of rotatable bonds is 4. The van der Waals surface area contributed by atoms with E-state index >= 15 is 0 Å². The third-order valence-electron chi connectivity index (χ3n) is 4.26. The second-order valence-electron chi connectivity index (χ2n) is 5.43. The fourth-order valence-electron chi connectivity index (χ4n) is 2.75. The van der Waals surface area contributed by atoms with Crippen LogP contribution in [-0.4, -0.2) is 11.0 Å². The molecule has 0 spiro atoms. The normalized spacial score (nSPS) is 26.6. The molecule has 104 valence electrons. The van der Waals surface area contributed by atoms with Gasteiger partial charge in [-0.15, -0.1) is 0 Å². The second kappa shape index (κ2) is 6.01. The molecule has 0 heterocycles. The van der Waals surface area contributed by atoms with Gasteiger partial charge in [-0.3, -0.25) is 10.1 Å². The summed E-state index contributed by atoms with van der Waals surface area (Å²) >= 11 is 3.27. The van der Waals surface area contributed by atoms with Crippen molar-refractivity contribution in [3.05, 3.63) is 38.3 Å². The number of nitro benzene ring substituents is 1. The summed E-state index contributed by atoms with van der Waals surface area (Å²) < 4.78 is 0.741. The SMILES string of the molecule is CC1CCC(NCc2ccc(Br)cc2[N+](=O)[O-])C1C. The van der Waals surface area contributed by atoms with Gasteiger partial charge in [0.2, 0.25) is 0 Å². The summed E-state index contributed by atoms with van der Waals surface area (Å²) in [6, 6.07) is 5.71. The van der Waals surface area contributed by atoms with E-state index in [4.69, 9.17) is 0 Å².